The van der Waals surface area contributed by atoms with Crippen molar-refractivity contribution in [1.29, 1.82) is 0 Å². The Kier molecular flexibility index (Phi) is 3.02. The summed E-state index contributed by atoms with van der Waals surface area (Å²) in [5.74, 6) is 1.06. The molecular formula is C12H16N6O. The van der Waals surface area contributed by atoms with Crippen LogP contribution >= 0.6 is 0 Å². The van der Waals surface area contributed by atoms with Crippen molar-refractivity contribution in [3.8, 4) is 0 Å². The van der Waals surface area contributed by atoms with Gasteiger partial charge in [-0.2, -0.15) is 5.10 Å². The van der Waals surface area contributed by atoms with E-state index in [1.807, 2.05) is 13.1 Å². The van der Waals surface area contributed by atoms with Crippen molar-refractivity contribution in [2.24, 2.45) is 0 Å². The van der Waals surface area contributed by atoms with E-state index in [1.165, 1.54) is 6.33 Å². The largest absolute Gasteiger partial charge is 0.350 e. The molecule has 2 aromatic rings. The van der Waals surface area contributed by atoms with E-state index in [4.69, 9.17) is 0 Å². The highest BCUT2D eigenvalue weighted by atomic mass is 16.2. The number of amides is 1. The van der Waals surface area contributed by atoms with E-state index < -0.39 is 0 Å². The molecule has 100 valence electrons. The van der Waals surface area contributed by atoms with Gasteiger partial charge in [0.25, 0.3) is 0 Å². The van der Waals surface area contributed by atoms with Crippen LogP contribution in [0.4, 0.5) is 0 Å². The number of fused-ring (bicyclic) bond motifs is 1. The molecule has 0 aromatic carbocycles. The molecule has 3 heterocycles. The van der Waals surface area contributed by atoms with Crippen LogP contribution in [0.1, 0.15) is 25.2 Å². The van der Waals surface area contributed by atoms with Gasteiger partial charge in [-0.3, -0.25) is 4.79 Å². The third-order valence-electron chi connectivity index (χ3n) is 3.49. The monoisotopic (exact) mass is 260 g/mol. The topological polar surface area (TPSA) is 77.6 Å². The van der Waals surface area contributed by atoms with Crippen molar-refractivity contribution < 1.29 is 4.79 Å². The number of aryl methyl sites for hydroxylation is 1. The van der Waals surface area contributed by atoms with Crippen LogP contribution in [0.5, 0.6) is 0 Å². The van der Waals surface area contributed by atoms with Crippen molar-refractivity contribution in [3.05, 3.63) is 30.9 Å². The molecule has 19 heavy (non-hydrogen) atoms. The second-order valence-electron chi connectivity index (χ2n) is 4.79. The molecule has 0 radical (unpaired) electrons. The van der Waals surface area contributed by atoms with Crippen LogP contribution in [0.2, 0.25) is 0 Å². The van der Waals surface area contributed by atoms with Crippen LogP contribution in [0.25, 0.3) is 0 Å². The first kappa shape index (κ1) is 11.9. The minimum absolute atomic E-state index is 0.0286. The van der Waals surface area contributed by atoms with Gasteiger partial charge >= 0.3 is 0 Å². The number of rotatable bonds is 3. The van der Waals surface area contributed by atoms with Crippen LogP contribution in [-0.2, 0) is 17.8 Å². The summed E-state index contributed by atoms with van der Waals surface area (Å²) in [6.07, 6.45) is 8.57. The second kappa shape index (κ2) is 4.83. The molecule has 1 N–H and O–H groups in total. The molecule has 7 nitrogen and oxygen atoms in total. The van der Waals surface area contributed by atoms with Gasteiger partial charge in [0.2, 0.25) is 5.91 Å². The van der Waals surface area contributed by atoms with Crippen molar-refractivity contribution in [1.82, 2.24) is 29.6 Å². The second-order valence-corrected chi connectivity index (χ2v) is 4.79. The molecule has 0 fully saturated rings. The normalized spacial score (nSPS) is 19.7. The fraction of sp³-hybridized carbons (Fsp3) is 0.500. The van der Waals surface area contributed by atoms with Gasteiger partial charge in [-0.05, 0) is 13.3 Å². The number of imidazole rings is 1. The SMILES string of the molecule is C[C@@H](C(=O)N[C@H]1CCc2nccn2C1)n1cncn1. The zero-order valence-electron chi connectivity index (χ0n) is 10.7. The van der Waals surface area contributed by atoms with Gasteiger partial charge in [-0.25, -0.2) is 14.6 Å². The van der Waals surface area contributed by atoms with Crippen LogP contribution in [0.15, 0.2) is 25.0 Å². The number of nitrogens with zero attached hydrogens (tertiary/aromatic N) is 5. The minimum atomic E-state index is -0.341. The molecule has 3 rings (SSSR count). The maximum atomic E-state index is 12.1. The van der Waals surface area contributed by atoms with Crippen LogP contribution in [0, 0.1) is 0 Å². The van der Waals surface area contributed by atoms with Crippen LogP contribution in [0.3, 0.4) is 0 Å². The molecule has 1 amide bonds. The van der Waals surface area contributed by atoms with E-state index in [0.717, 1.165) is 25.2 Å². The summed E-state index contributed by atoms with van der Waals surface area (Å²) in [5.41, 5.74) is 0. The lowest BCUT2D eigenvalue weighted by Gasteiger charge is -2.26. The molecule has 2 aromatic heterocycles. The predicted octanol–water partition coefficient (Wildman–Crippen LogP) is 0.167. The van der Waals surface area contributed by atoms with Crippen molar-refractivity contribution in [2.45, 2.75) is 38.4 Å². The van der Waals surface area contributed by atoms with E-state index in [0.29, 0.717) is 0 Å². The standard InChI is InChI=1S/C12H16N6O/c1-9(18-8-13-7-15-18)12(19)16-10-2-3-11-14-4-5-17(11)6-10/h4-5,7-10H,2-3,6H2,1H3,(H,16,19)/t9-,10-/m0/s1. The highest BCUT2D eigenvalue weighted by Crippen LogP contribution is 2.14. The summed E-state index contributed by atoms with van der Waals surface area (Å²) in [5, 5.41) is 7.05. The summed E-state index contributed by atoms with van der Waals surface area (Å²) in [7, 11) is 0. The van der Waals surface area contributed by atoms with Crippen molar-refractivity contribution in [3.63, 3.8) is 0 Å². The predicted molar refractivity (Wildman–Crippen MR) is 67.2 cm³/mol. The molecule has 0 saturated heterocycles. The van der Waals surface area contributed by atoms with Crippen molar-refractivity contribution >= 4 is 5.91 Å². The Morgan fingerprint density at radius 1 is 1.58 bits per heavy atom. The molecule has 0 saturated carbocycles. The first-order chi connectivity index (χ1) is 9.24. The minimum Gasteiger partial charge on any atom is -0.350 e. The summed E-state index contributed by atoms with van der Waals surface area (Å²) >= 11 is 0. The molecule has 2 atom stereocenters. The number of hydrogen-bond donors (Lipinski definition) is 1. The summed E-state index contributed by atoms with van der Waals surface area (Å²) < 4.78 is 3.65. The molecule has 1 aliphatic rings. The van der Waals surface area contributed by atoms with Crippen molar-refractivity contribution in [2.75, 3.05) is 0 Å². The smallest absolute Gasteiger partial charge is 0.244 e. The van der Waals surface area contributed by atoms with Gasteiger partial charge in [0.15, 0.2) is 0 Å². The van der Waals surface area contributed by atoms with Gasteiger partial charge in [0, 0.05) is 31.4 Å². The average molecular weight is 260 g/mol. The molecule has 0 aliphatic carbocycles. The Morgan fingerprint density at radius 3 is 3.26 bits per heavy atom. The molecule has 0 spiro atoms. The lowest BCUT2D eigenvalue weighted by atomic mass is 10.1. The van der Waals surface area contributed by atoms with E-state index in [-0.39, 0.29) is 18.0 Å². The zero-order chi connectivity index (χ0) is 13.2. The first-order valence-corrected chi connectivity index (χ1v) is 6.38. The third-order valence-corrected chi connectivity index (χ3v) is 3.49. The molecule has 7 heteroatoms. The first-order valence-electron chi connectivity index (χ1n) is 6.38. The summed E-state index contributed by atoms with van der Waals surface area (Å²) in [4.78, 5) is 20.3. The Labute approximate surface area is 110 Å². The highest BCUT2D eigenvalue weighted by Gasteiger charge is 2.23. The number of hydrogen-bond acceptors (Lipinski definition) is 4. The average Bonchev–Trinajstić information content (AvgIpc) is 3.08. The fourth-order valence-corrected chi connectivity index (χ4v) is 2.34. The van der Waals surface area contributed by atoms with Crippen LogP contribution in [-0.4, -0.2) is 36.3 Å². The third kappa shape index (κ3) is 2.35. The molecule has 0 unspecified atom stereocenters. The van der Waals surface area contributed by atoms with Crippen LogP contribution < -0.4 is 5.32 Å². The molecular weight excluding hydrogens is 244 g/mol. The maximum absolute atomic E-state index is 12.1. The maximum Gasteiger partial charge on any atom is 0.244 e. The zero-order valence-corrected chi connectivity index (χ0v) is 10.7. The number of carbonyl (C=O) groups excluding carboxylic acids is 1. The highest BCUT2D eigenvalue weighted by molar-refractivity contribution is 5.80. The molecule has 1 aliphatic heterocycles. The lowest BCUT2D eigenvalue weighted by Crippen LogP contribution is -2.43. The van der Waals surface area contributed by atoms with Gasteiger partial charge in [-0.1, -0.05) is 0 Å². The summed E-state index contributed by atoms with van der Waals surface area (Å²) in [6, 6.07) is -0.188. The van der Waals surface area contributed by atoms with Gasteiger partial charge in [0.05, 0.1) is 0 Å². The molecule has 0 bridgehead atoms. The lowest BCUT2D eigenvalue weighted by molar-refractivity contribution is -0.125. The van der Waals surface area contributed by atoms with E-state index in [1.54, 1.807) is 17.2 Å². The number of nitrogens with one attached hydrogen (secondary N) is 1. The van der Waals surface area contributed by atoms with Gasteiger partial charge in [0.1, 0.15) is 24.5 Å². The Hall–Kier alpha value is -2.18. The van der Waals surface area contributed by atoms with Gasteiger partial charge < -0.3 is 9.88 Å². The fourth-order valence-electron chi connectivity index (χ4n) is 2.34. The Bertz CT molecular complexity index is 561. The van der Waals surface area contributed by atoms with E-state index >= 15 is 0 Å². The van der Waals surface area contributed by atoms with Gasteiger partial charge in [-0.15, -0.1) is 0 Å². The summed E-state index contributed by atoms with van der Waals surface area (Å²) in [6.45, 7) is 2.60. The number of carbonyl (C=O) groups is 1. The quantitative estimate of drug-likeness (QED) is 0.853. The van der Waals surface area contributed by atoms with E-state index in [2.05, 4.69) is 25.0 Å². The Morgan fingerprint density at radius 2 is 2.47 bits per heavy atom. The Balaban J connectivity index is 1.62. The van der Waals surface area contributed by atoms with E-state index in [9.17, 15) is 4.79 Å². The number of aromatic nitrogens is 5.